The fourth-order valence-electron chi connectivity index (χ4n) is 7.11. The summed E-state index contributed by atoms with van der Waals surface area (Å²) in [5, 5.41) is 8.74. The van der Waals surface area contributed by atoms with Gasteiger partial charge in [-0.05, 0) is 42.7 Å². The molecule has 0 saturated carbocycles. The Morgan fingerprint density at radius 2 is 1.66 bits per heavy atom. The van der Waals surface area contributed by atoms with Gasteiger partial charge < -0.3 is 39.4 Å². The number of hydrogen-bond acceptors (Lipinski definition) is 12. The predicted octanol–water partition coefficient (Wildman–Crippen LogP) is 4.29. The number of amides is 1. The van der Waals surface area contributed by atoms with Gasteiger partial charge in [0.05, 0.1) is 11.4 Å². The second-order valence-corrected chi connectivity index (χ2v) is 12.8. The minimum absolute atomic E-state index is 0.145. The highest BCUT2D eigenvalue weighted by Gasteiger charge is 2.41. The lowest BCUT2D eigenvalue weighted by molar-refractivity contribution is 0.0515. The molecule has 7 rings (SSSR count). The van der Waals surface area contributed by atoms with Gasteiger partial charge in [0.15, 0.2) is 12.6 Å². The normalized spacial score (nSPS) is 19.0. The molecule has 2 aromatic heterocycles. The SMILES string of the molecule is COCOc1ccccc1-c1cc(N2CC3CCC(C2)N3c2ccnc(OCCN3CCN(C(=O)OCc4ccccc4)CC3)c2)c(N)nn1. The van der Waals surface area contributed by atoms with Crippen LogP contribution in [0.25, 0.3) is 11.3 Å². The fraction of sp³-hybridized carbons (Fsp3) is 0.405. The molecule has 2 atom stereocenters. The van der Waals surface area contributed by atoms with Crippen molar-refractivity contribution < 1.29 is 23.7 Å². The number of hydrogen-bond donors (Lipinski definition) is 1. The number of carbonyl (C=O) groups excluding carboxylic acids is 1. The number of piperazine rings is 2. The van der Waals surface area contributed by atoms with Crippen LogP contribution in [0, 0.1) is 0 Å². The van der Waals surface area contributed by atoms with Crippen LogP contribution in [-0.2, 0) is 16.1 Å². The largest absolute Gasteiger partial charge is 0.476 e. The molecule has 3 saturated heterocycles. The van der Waals surface area contributed by atoms with E-state index in [4.69, 9.17) is 24.7 Å². The third-order valence-electron chi connectivity index (χ3n) is 9.63. The van der Waals surface area contributed by atoms with E-state index in [0.717, 1.165) is 68.1 Å². The molecule has 3 fully saturated rings. The van der Waals surface area contributed by atoms with E-state index in [1.165, 1.54) is 0 Å². The summed E-state index contributed by atoms with van der Waals surface area (Å²) in [4.78, 5) is 26.0. The summed E-state index contributed by atoms with van der Waals surface area (Å²) >= 11 is 0. The number of nitrogen functional groups attached to an aromatic ring is 1. The molecule has 5 heterocycles. The predicted molar refractivity (Wildman–Crippen MR) is 190 cm³/mol. The van der Waals surface area contributed by atoms with E-state index in [1.807, 2.05) is 66.9 Å². The summed E-state index contributed by atoms with van der Waals surface area (Å²) in [6.45, 7) is 6.17. The second-order valence-electron chi connectivity index (χ2n) is 12.8. The van der Waals surface area contributed by atoms with Crippen molar-refractivity contribution >= 4 is 23.3 Å². The molecule has 13 heteroatoms. The van der Waals surface area contributed by atoms with Crippen LogP contribution in [0.2, 0.25) is 0 Å². The van der Waals surface area contributed by atoms with Crippen LogP contribution < -0.4 is 25.0 Å². The number of nitrogens with two attached hydrogens (primary N) is 1. The van der Waals surface area contributed by atoms with Crippen LogP contribution in [0.4, 0.5) is 22.0 Å². The molecule has 0 radical (unpaired) electrons. The first-order valence-electron chi connectivity index (χ1n) is 17.2. The minimum atomic E-state index is -0.263. The molecular weight excluding hydrogens is 636 g/mol. The first-order valence-corrected chi connectivity index (χ1v) is 17.2. The van der Waals surface area contributed by atoms with Crippen molar-refractivity contribution in [2.75, 3.05) is 81.9 Å². The molecule has 3 aliphatic rings. The van der Waals surface area contributed by atoms with Gasteiger partial charge in [-0.3, -0.25) is 4.90 Å². The lowest BCUT2D eigenvalue weighted by Gasteiger charge is -2.43. The van der Waals surface area contributed by atoms with Crippen molar-refractivity contribution in [2.45, 2.75) is 31.5 Å². The maximum Gasteiger partial charge on any atom is 0.410 e. The maximum absolute atomic E-state index is 12.5. The molecular formula is C37H44N8O5. The zero-order valence-electron chi connectivity index (χ0n) is 28.4. The molecule has 13 nitrogen and oxygen atoms in total. The molecule has 50 heavy (non-hydrogen) atoms. The summed E-state index contributed by atoms with van der Waals surface area (Å²) in [5.74, 6) is 1.72. The van der Waals surface area contributed by atoms with Crippen LogP contribution in [0.15, 0.2) is 79.0 Å². The number of carbonyl (C=O) groups is 1. The number of fused-ring (bicyclic) bond motifs is 2. The van der Waals surface area contributed by atoms with Crippen molar-refractivity contribution in [1.82, 2.24) is 25.0 Å². The zero-order chi connectivity index (χ0) is 34.3. The lowest BCUT2D eigenvalue weighted by Crippen LogP contribution is -2.54. The summed E-state index contributed by atoms with van der Waals surface area (Å²) in [7, 11) is 1.60. The minimum Gasteiger partial charge on any atom is -0.476 e. The van der Waals surface area contributed by atoms with Crippen LogP contribution in [-0.4, -0.2) is 109 Å². The molecule has 262 valence electrons. The monoisotopic (exact) mass is 680 g/mol. The summed E-state index contributed by atoms with van der Waals surface area (Å²) < 4.78 is 22.5. The van der Waals surface area contributed by atoms with Gasteiger partial charge in [-0.15, -0.1) is 10.2 Å². The standard InChI is InChI=1S/C37H44N8O5/c1-47-26-50-34-10-6-5-9-31(34)32-22-33(36(38)41-40-32)44-23-29-11-12-30(24-44)45(29)28-13-14-39-35(21-28)48-20-19-42-15-17-43(18-16-42)37(46)49-25-27-7-3-2-4-8-27/h2-10,13-14,21-22,29-30H,11-12,15-20,23-26H2,1H3,(H2,38,41). The highest BCUT2D eigenvalue weighted by atomic mass is 16.7. The van der Waals surface area contributed by atoms with Crippen LogP contribution in [0.5, 0.6) is 11.6 Å². The number of nitrogens with zero attached hydrogens (tertiary/aromatic N) is 7. The van der Waals surface area contributed by atoms with Gasteiger partial charge in [0.1, 0.15) is 19.0 Å². The van der Waals surface area contributed by atoms with Crippen molar-refractivity contribution in [1.29, 1.82) is 0 Å². The van der Waals surface area contributed by atoms with E-state index in [2.05, 4.69) is 42.0 Å². The number of ether oxygens (including phenoxy) is 4. The van der Waals surface area contributed by atoms with Crippen molar-refractivity contribution in [3.63, 3.8) is 0 Å². The van der Waals surface area contributed by atoms with Crippen LogP contribution in [0.1, 0.15) is 18.4 Å². The number of pyridine rings is 1. The average Bonchev–Trinajstić information content (AvgIpc) is 3.43. The van der Waals surface area contributed by atoms with Crippen molar-refractivity contribution in [3.05, 3.63) is 84.6 Å². The lowest BCUT2D eigenvalue weighted by atomic mass is 10.1. The third kappa shape index (κ3) is 7.68. The Balaban J connectivity index is 0.916. The molecule has 2 N–H and O–H groups in total. The Kier molecular flexibility index (Phi) is 10.4. The number of rotatable bonds is 12. The second kappa shape index (κ2) is 15.6. The molecule has 0 aliphatic carbocycles. The highest BCUT2D eigenvalue weighted by Crippen LogP contribution is 2.39. The van der Waals surface area contributed by atoms with Crippen molar-refractivity contribution in [2.24, 2.45) is 0 Å². The number of aromatic nitrogens is 3. The zero-order valence-corrected chi connectivity index (χ0v) is 28.4. The molecule has 0 spiro atoms. The Hall–Kier alpha value is -5.14. The van der Waals surface area contributed by atoms with Gasteiger partial charge in [-0.1, -0.05) is 42.5 Å². The fourth-order valence-corrected chi connectivity index (χ4v) is 7.11. The van der Waals surface area contributed by atoms with Gasteiger partial charge in [0.25, 0.3) is 0 Å². The maximum atomic E-state index is 12.5. The van der Waals surface area contributed by atoms with Gasteiger partial charge in [-0.2, -0.15) is 0 Å². The van der Waals surface area contributed by atoms with Gasteiger partial charge in [0, 0.05) is 88.5 Å². The third-order valence-corrected chi connectivity index (χ3v) is 9.63. The molecule has 2 unspecified atom stereocenters. The first kappa shape index (κ1) is 33.4. The summed E-state index contributed by atoms with van der Waals surface area (Å²) in [6, 6.07) is 24.2. The van der Waals surface area contributed by atoms with E-state index < -0.39 is 0 Å². The van der Waals surface area contributed by atoms with Gasteiger partial charge >= 0.3 is 6.09 Å². The Labute approximate surface area is 292 Å². The first-order chi connectivity index (χ1) is 24.6. The van der Waals surface area contributed by atoms with E-state index in [0.29, 0.717) is 54.9 Å². The van der Waals surface area contributed by atoms with Crippen LogP contribution >= 0.6 is 0 Å². The summed E-state index contributed by atoms with van der Waals surface area (Å²) in [6.07, 6.45) is 3.74. The Bertz CT molecular complexity index is 1720. The smallest absolute Gasteiger partial charge is 0.410 e. The Morgan fingerprint density at radius 1 is 0.900 bits per heavy atom. The van der Waals surface area contributed by atoms with E-state index >= 15 is 0 Å². The Morgan fingerprint density at radius 3 is 2.44 bits per heavy atom. The molecule has 3 aliphatic heterocycles. The van der Waals surface area contributed by atoms with E-state index in [1.54, 1.807) is 12.0 Å². The quantitative estimate of drug-likeness (QED) is 0.214. The van der Waals surface area contributed by atoms with E-state index in [-0.39, 0.29) is 19.5 Å². The van der Waals surface area contributed by atoms with E-state index in [9.17, 15) is 4.79 Å². The van der Waals surface area contributed by atoms with Crippen molar-refractivity contribution in [3.8, 4) is 22.9 Å². The van der Waals surface area contributed by atoms with Crippen LogP contribution in [0.3, 0.4) is 0 Å². The molecule has 2 bridgehead atoms. The number of para-hydroxylation sites is 1. The topological polar surface area (TPSA) is 132 Å². The molecule has 2 aromatic carbocycles. The highest BCUT2D eigenvalue weighted by molar-refractivity contribution is 5.75. The number of benzene rings is 2. The van der Waals surface area contributed by atoms with Gasteiger partial charge in [0.2, 0.25) is 5.88 Å². The number of anilines is 3. The number of methoxy groups -OCH3 is 1. The molecule has 4 aromatic rings. The average molecular weight is 681 g/mol. The molecule has 1 amide bonds. The van der Waals surface area contributed by atoms with Gasteiger partial charge in [-0.25, -0.2) is 9.78 Å². The summed E-state index contributed by atoms with van der Waals surface area (Å²) in [5.41, 5.74) is 10.9.